The number of hydrogen-bond donors (Lipinski definition) is 1. The topological polar surface area (TPSA) is 83.6 Å². The lowest BCUT2D eigenvalue weighted by atomic mass is 10.1. The molecule has 0 aromatic heterocycles. The Morgan fingerprint density at radius 3 is 2.00 bits per heavy atom. The Balaban J connectivity index is 1.68. The molecule has 0 aliphatic carbocycles. The van der Waals surface area contributed by atoms with E-state index >= 15 is 0 Å². The fourth-order valence-corrected chi connectivity index (χ4v) is 3.53. The summed E-state index contributed by atoms with van der Waals surface area (Å²) >= 11 is 0. The number of anilines is 1. The summed E-state index contributed by atoms with van der Waals surface area (Å²) in [5.41, 5.74) is 2.09. The lowest BCUT2D eigenvalue weighted by Gasteiger charge is -2.14. The SMILES string of the molecule is Cc1ccc(NS(=O)(=O)CCN2C(=O)c3ccccc3C2=O)cc1. The summed E-state index contributed by atoms with van der Waals surface area (Å²) in [4.78, 5) is 25.4. The van der Waals surface area contributed by atoms with Crippen LogP contribution in [0.1, 0.15) is 26.3 Å². The first-order chi connectivity index (χ1) is 11.4. The van der Waals surface area contributed by atoms with E-state index in [0.717, 1.165) is 10.5 Å². The maximum absolute atomic E-state index is 12.2. The molecule has 0 spiro atoms. The van der Waals surface area contributed by atoms with Gasteiger partial charge in [-0.3, -0.25) is 19.2 Å². The first-order valence-electron chi connectivity index (χ1n) is 7.40. The van der Waals surface area contributed by atoms with Crippen molar-refractivity contribution >= 4 is 27.5 Å². The van der Waals surface area contributed by atoms with Crippen LogP contribution in [-0.2, 0) is 10.0 Å². The Labute approximate surface area is 140 Å². The van der Waals surface area contributed by atoms with Gasteiger partial charge in [0.1, 0.15) is 0 Å². The number of carbonyl (C=O) groups excluding carboxylic acids is 2. The minimum atomic E-state index is -3.67. The minimum absolute atomic E-state index is 0.187. The molecule has 0 atom stereocenters. The molecule has 0 fully saturated rings. The van der Waals surface area contributed by atoms with E-state index < -0.39 is 21.8 Å². The predicted molar refractivity (Wildman–Crippen MR) is 90.4 cm³/mol. The number of rotatable bonds is 5. The molecule has 0 saturated carbocycles. The van der Waals surface area contributed by atoms with Gasteiger partial charge in [0.05, 0.1) is 16.9 Å². The Hall–Kier alpha value is -2.67. The Morgan fingerprint density at radius 2 is 1.46 bits per heavy atom. The normalized spacial score (nSPS) is 14.0. The second-order valence-corrected chi connectivity index (χ2v) is 7.44. The van der Waals surface area contributed by atoms with E-state index in [-0.39, 0.29) is 12.3 Å². The van der Waals surface area contributed by atoms with Crippen molar-refractivity contribution in [3.8, 4) is 0 Å². The van der Waals surface area contributed by atoms with Crippen LogP contribution in [-0.4, -0.2) is 37.4 Å². The zero-order chi connectivity index (χ0) is 17.3. The van der Waals surface area contributed by atoms with Crippen molar-refractivity contribution in [3.05, 3.63) is 65.2 Å². The fourth-order valence-electron chi connectivity index (χ4n) is 2.51. The summed E-state index contributed by atoms with van der Waals surface area (Å²) in [6.45, 7) is 1.72. The number of nitrogens with zero attached hydrogens (tertiary/aromatic N) is 1. The van der Waals surface area contributed by atoms with E-state index in [1.807, 2.05) is 6.92 Å². The first-order valence-corrected chi connectivity index (χ1v) is 9.05. The lowest BCUT2D eigenvalue weighted by molar-refractivity contribution is 0.0664. The van der Waals surface area contributed by atoms with Crippen LogP contribution in [0.4, 0.5) is 5.69 Å². The van der Waals surface area contributed by atoms with Crippen LogP contribution in [0.3, 0.4) is 0 Å². The van der Waals surface area contributed by atoms with E-state index in [1.165, 1.54) is 0 Å². The molecule has 24 heavy (non-hydrogen) atoms. The first kappa shape index (κ1) is 16.2. The van der Waals surface area contributed by atoms with Crippen LogP contribution in [0.15, 0.2) is 48.5 Å². The average Bonchev–Trinajstić information content (AvgIpc) is 2.79. The summed E-state index contributed by atoms with van der Waals surface area (Å²) in [5.74, 6) is -1.27. The number of fused-ring (bicyclic) bond motifs is 1. The number of hydrogen-bond acceptors (Lipinski definition) is 4. The van der Waals surface area contributed by atoms with Gasteiger partial charge in [-0.2, -0.15) is 0 Å². The second kappa shape index (κ2) is 6.09. The summed E-state index contributed by atoms with van der Waals surface area (Å²) in [6, 6.07) is 13.4. The molecule has 2 aromatic rings. The molecule has 1 aliphatic rings. The molecule has 0 radical (unpaired) electrons. The number of benzene rings is 2. The van der Waals surface area contributed by atoms with Crippen LogP contribution in [0.25, 0.3) is 0 Å². The molecular weight excluding hydrogens is 328 g/mol. The highest BCUT2D eigenvalue weighted by Gasteiger charge is 2.35. The van der Waals surface area contributed by atoms with E-state index in [9.17, 15) is 18.0 Å². The Kier molecular flexibility index (Phi) is 4.11. The molecule has 2 amide bonds. The van der Waals surface area contributed by atoms with Crippen molar-refractivity contribution in [3.63, 3.8) is 0 Å². The monoisotopic (exact) mass is 344 g/mol. The van der Waals surface area contributed by atoms with Gasteiger partial charge in [0.2, 0.25) is 10.0 Å². The molecule has 0 saturated heterocycles. The van der Waals surface area contributed by atoms with Gasteiger partial charge in [-0.15, -0.1) is 0 Å². The molecule has 1 heterocycles. The summed E-state index contributed by atoms with van der Waals surface area (Å²) in [6.07, 6.45) is 0. The second-order valence-electron chi connectivity index (χ2n) is 5.59. The van der Waals surface area contributed by atoms with E-state index in [0.29, 0.717) is 16.8 Å². The summed E-state index contributed by atoms with van der Waals surface area (Å²) in [7, 11) is -3.67. The van der Waals surface area contributed by atoms with Gasteiger partial charge < -0.3 is 0 Å². The van der Waals surface area contributed by atoms with E-state index in [1.54, 1.807) is 48.5 Å². The van der Waals surface area contributed by atoms with Crippen molar-refractivity contribution in [1.82, 2.24) is 4.90 Å². The van der Waals surface area contributed by atoms with Crippen molar-refractivity contribution in [2.75, 3.05) is 17.0 Å². The number of nitrogens with one attached hydrogen (secondary N) is 1. The zero-order valence-corrected chi connectivity index (χ0v) is 13.8. The van der Waals surface area contributed by atoms with Crippen LogP contribution >= 0.6 is 0 Å². The summed E-state index contributed by atoms with van der Waals surface area (Å²) < 4.78 is 26.8. The highest BCUT2D eigenvalue weighted by molar-refractivity contribution is 7.92. The largest absolute Gasteiger partial charge is 0.284 e. The van der Waals surface area contributed by atoms with Gasteiger partial charge in [0.15, 0.2) is 0 Å². The predicted octanol–water partition coefficient (Wildman–Crippen LogP) is 2.03. The molecule has 3 rings (SSSR count). The Morgan fingerprint density at radius 1 is 0.917 bits per heavy atom. The van der Waals surface area contributed by atoms with Gasteiger partial charge in [-0.05, 0) is 31.2 Å². The lowest BCUT2D eigenvalue weighted by Crippen LogP contribution is -2.35. The summed E-state index contributed by atoms with van der Waals surface area (Å²) in [5, 5.41) is 0. The van der Waals surface area contributed by atoms with Crippen LogP contribution in [0.2, 0.25) is 0 Å². The molecule has 124 valence electrons. The van der Waals surface area contributed by atoms with Gasteiger partial charge >= 0.3 is 0 Å². The van der Waals surface area contributed by atoms with Crippen LogP contribution in [0.5, 0.6) is 0 Å². The number of aryl methyl sites for hydroxylation is 1. The van der Waals surface area contributed by atoms with Gasteiger partial charge in [0, 0.05) is 12.2 Å². The van der Waals surface area contributed by atoms with Gasteiger partial charge in [-0.1, -0.05) is 29.8 Å². The van der Waals surface area contributed by atoms with Crippen molar-refractivity contribution < 1.29 is 18.0 Å². The van der Waals surface area contributed by atoms with Crippen LogP contribution < -0.4 is 4.72 Å². The number of carbonyl (C=O) groups is 2. The maximum atomic E-state index is 12.2. The highest BCUT2D eigenvalue weighted by atomic mass is 32.2. The number of sulfonamides is 1. The number of imide groups is 1. The third kappa shape index (κ3) is 3.16. The molecule has 2 aromatic carbocycles. The quantitative estimate of drug-likeness (QED) is 0.841. The van der Waals surface area contributed by atoms with Gasteiger partial charge in [-0.25, -0.2) is 8.42 Å². The molecule has 0 unspecified atom stereocenters. The van der Waals surface area contributed by atoms with Crippen molar-refractivity contribution in [2.24, 2.45) is 0 Å². The van der Waals surface area contributed by atoms with Crippen LogP contribution in [0, 0.1) is 6.92 Å². The Bertz CT molecular complexity index is 869. The fraction of sp³-hybridized carbons (Fsp3) is 0.176. The highest BCUT2D eigenvalue weighted by Crippen LogP contribution is 2.22. The standard InChI is InChI=1S/C17H16N2O4S/c1-12-6-8-13(9-7-12)18-24(22,23)11-10-19-16(20)14-4-2-3-5-15(14)17(19)21/h2-9,18H,10-11H2,1H3. The maximum Gasteiger partial charge on any atom is 0.261 e. The smallest absolute Gasteiger partial charge is 0.261 e. The third-order valence-electron chi connectivity index (χ3n) is 3.79. The molecule has 1 aliphatic heterocycles. The molecule has 7 heteroatoms. The molecule has 1 N–H and O–H groups in total. The van der Waals surface area contributed by atoms with E-state index in [2.05, 4.69) is 4.72 Å². The zero-order valence-electron chi connectivity index (χ0n) is 13.0. The van der Waals surface area contributed by atoms with Gasteiger partial charge in [0.25, 0.3) is 11.8 Å². The number of amides is 2. The third-order valence-corrected chi connectivity index (χ3v) is 5.05. The van der Waals surface area contributed by atoms with E-state index in [4.69, 9.17) is 0 Å². The molecule has 0 bridgehead atoms. The minimum Gasteiger partial charge on any atom is -0.284 e. The van der Waals surface area contributed by atoms with Crippen molar-refractivity contribution in [2.45, 2.75) is 6.92 Å². The molecule has 6 nitrogen and oxygen atoms in total. The van der Waals surface area contributed by atoms with Crippen molar-refractivity contribution in [1.29, 1.82) is 0 Å². The average molecular weight is 344 g/mol. The molecular formula is C17H16N2O4S.